The largest absolute Gasteiger partial charge is 0.486 e. The van der Waals surface area contributed by atoms with Crippen molar-refractivity contribution < 1.29 is 9.53 Å². The standard InChI is InChI=1S/C10H8Cl2N2O2/c11-6-1-2-9(8(12)3-6)16-5-7-4-10(15)14-13-7/h1-3H,4-5H2,(H,14,15). The number of carbonyl (C=O) groups is 1. The molecular formula is C10H8Cl2N2O2. The molecule has 0 aliphatic carbocycles. The molecule has 1 amide bonds. The first-order chi connectivity index (χ1) is 7.65. The van der Waals surface area contributed by atoms with E-state index in [9.17, 15) is 4.79 Å². The number of ether oxygens (including phenoxy) is 1. The van der Waals surface area contributed by atoms with E-state index in [-0.39, 0.29) is 18.9 Å². The average Bonchev–Trinajstić information content (AvgIpc) is 2.63. The van der Waals surface area contributed by atoms with Gasteiger partial charge in [-0.2, -0.15) is 5.10 Å². The lowest BCUT2D eigenvalue weighted by Crippen LogP contribution is -2.12. The maximum Gasteiger partial charge on any atom is 0.245 e. The van der Waals surface area contributed by atoms with Gasteiger partial charge in [-0.25, -0.2) is 5.43 Å². The van der Waals surface area contributed by atoms with E-state index >= 15 is 0 Å². The summed E-state index contributed by atoms with van der Waals surface area (Å²) in [6.07, 6.45) is 0.269. The lowest BCUT2D eigenvalue weighted by molar-refractivity contribution is -0.119. The Hall–Kier alpha value is -1.26. The molecule has 0 spiro atoms. The van der Waals surface area contributed by atoms with Crippen LogP contribution < -0.4 is 10.2 Å². The molecule has 1 aromatic carbocycles. The van der Waals surface area contributed by atoms with Crippen LogP contribution in [0.5, 0.6) is 5.75 Å². The first kappa shape index (κ1) is 11.2. The highest BCUT2D eigenvalue weighted by atomic mass is 35.5. The third-order valence-corrected chi connectivity index (χ3v) is 2.52. The van der Waals surface area contributed by atoms with E-state index in [0.29, 0.717) is 21.5 Å². The minimum Gasteiger partial charge on any atom is -0.486 e. The first-order valence-corrected chi connectivity index (χ1v) is 5.33. The molecule has 1 heterocycles. The molecule has 6 heteroatoms. The Morgan fingerprint density at radius 3 is 2.88 bits per heavy atom. The highest BCUT2D eigenvalue weighted by Crippen LogP contribution is 2.27. The lowest BCUT2D eigenvalue weighted by Gasteiger charge is -2.06. The van der Waals surface area contributed by atoms with Crippen molar-refractivity contribution in [3.8, 4) is 5.75 Å². The van der Waals surface area contributed by atoms with Crippen molar-refractivity contribution in [2.45, 2.75) is 6.42 Å². The third-order valence-electron chi connectivity index (χ3n) is 1.99. The molecule has 0 unspecified atom stereocenters. The van der Waals surface area contributed by atoms with Gasteiger partial charge in [0.05, 0.1) is 17.2 Å². The molecule has 0 bridgehead atoms. The van der Waals surface area contributed by atoms with E-state index in [1.807, 2.05) is 0 Å². The number of carbonyl (C=O) groups excluding carboxylic acids is 1. The van der Waals surface area contributed by atoms with Crippen LogP contribution in [0, 0.1) is 0 Å². The zero-order valence-electron chi connectivity index (χ0n) is 8.17. The highest BCUT2D eigenvalue weighted by molar-refractivity contribution is 6.35. The Labute approximate surface area is 102 Å². The number of nitrogens with one attached hydrogen (secondary N) is 1. The summed E-state index contributed by atoms with van der Waals surface area (Å²) in [5.74, 6) is 0.397. The molecule has 16 heavy (non-hydrogen) atoms. The van der Waals surface area contributed by atoms with Gasteiger partial charge >= 0.3 is 0 Å². The fraction of sp³-hybridized carbons (Fsp3) is 0.200. The molecule has 0 aromatic heterocycles. The van der Waals surface area contributed by atoms with Gasteiger partial charge in [0.1, 0.15) is 12.4 Å². The van der Waals surface area contributed by atoms with Crippen molar-refractivity contribution >= 4 is 34.8 Å². The molecule has 0 atom stereocenters. The van der Waals surface area contributed by atoms with Crippen molar-refractivity contribution in [3.05, 3.63) is 28.2 Å². The first-order valence-electron chi connectivity index (χ1n) is 4.57. The minimum atomic E-state index is -0.124. The second kappa shape index (κ2) is 4.72. The Bertz CT molecular complexity index is 460. The summed E-state index contributed by atoms with van der Waals surface area (Å²) >= 11 is 11.7. The summed E-state index contributed by atoms with van der Waals surface area (Å²) in [5.41, 5.74) is 2.99. The lowest BCUT2D eigenvalue weighted by atomic mass is 10.3. The van der Waals surface area contributed by atoms with Crippen LogP contribution >= 0.6 is 23.2 Å². The molecule has 0 saturated heterocycles. The Morgan fingerprint density at radius 1 is 1.44 bits per heavy atom. The topological polar surface area (TPSA) is 50.7 Å². The van der Waals surface area contributed by atoms with E-state index in [0.717, 1.165) is 0 Å². The summed E-state index contributed by atoms with van der Waals surface area (Å²) in [6.45, 7) is 0.236. The van der Waals surface area contributed by atoms with Gasteiger partial charge in [-0.05, 0) is 18.2 Å². The number of amides is 1. The van der Waals surface area contributed by atoms with E-state index < -0.39 is 0 Å². The van der Waals surface area contributed by atoms with Crippen molar-refractivity contribution in [2.75, 3.05) is 6.61 Å². The van der Waals surface area contributed by atoms with E-state index in [2.05, 4.69) is 10.5 Å². The predicted octanol–water partition coefficient (Wildman–Crippen LogP) is 2.25. The van der Waals surface area contributed by atoms with Crippen molar-refractivity contribution in [2.24, 2.45) is 5.10 Å². The van der Waals surface area contributed by atoms with Crippen LogP contribution in [0.15, 0.2) is 23.3 Å². The molecule has 0 saturated carbocycles. The van der Waals surface area contributed by atoms with Crippen LogP contribution in [0.25, 0.3) is 0 Å². The van der Waals surface area contributed by atoms with Gasteiger partial charge in [0.2, 0.25) is 5.91 Å². The fourth-order valence-corrected chi connectivity index (χ4v) is 1.71. The van der Waals surface area contributed by atoms with Gasteiger partial charge < -0.3 is 4.74 Å². The Balaban J connectivity index is 1.97. The predicted molar refractivity (Wildman–Crippen MR) is 62.2 cm³/mol. The molecular weight excluding hydrogens is 251 g/mol. The summed E-state index contributed by atoms with van der Waals surface area (Å²) in [5, 5.41) is 4.79. The number of halogens is 2. The molecule has 2 rings (SSSR count). The van der Waals surface area contributed by atoms with Crippen LogP contribution in [0.4, 0.5) is 0 Å². The normalized spacial score (nSPS) is 14.6. The molecule has 84 valence electrons. The third kappa shape index (κ3) is 2.65. The minimum absolute atomic E-state index is 0.124. The van der Waals surface area contributed by atoms with Crippen LogP contribution in [0.2, 0.25) is 10.0 Å². The van der Waals surface area contributed by atoms with Gasteiger partial charge in [-0.3, -0.25) is 4.79 Å². The maximum atomic E-state index is 10.9. The molecule has 4 nitrogen and oxygen atoms in total. The van der Waals surface area contributed by atoms with Gasteiger partial charge in [-0.15, -0.1) is 0 Å². The molecule has 1 aromatic rings. The monoisotopic (exact) mass is 258 g/mol. The second-order valence-corrected chi connectivity index (χ2v) is 4.10. The second-order valence-electron chi connectivity index (χ2n) is 3.25. The van der Waals surface area contributed by atoms with Crippen molar-refractivity contribution in [3.63, 3.8) is 0 Å². The van der Waals surface area contributed by atoms with Crippen LogP contribution in [-0.2, 0) is 4.79 Å². The number of hydrogen-bond donors (Lipinski definition) is 1. The van der Waals surface area contributed by atoms with Gasteiger partial charge in [-0.1, -0.05) is 23.2 Å². The molecule has 1 aliphatic heterocycles. The SMILES string of the molecule is O=C1CC(COc2ccc(Cl)cc2Cl)=NN1. The zero-order valence-corrected chi connectivity index (χ0v) is 9.68. The van der Waals surface area contributed by atoms with Gasteiger partial charge in [0.25, 0.3) is 0 Å². The molecule has 0 radical (unpaired) electrons. The van der Waals surface area contributed by atoms with Crippen LogP contribution in [-0.4, -0.2) is 18.2 Å². The smallest absolute Gasteiger partial charge is 0.245 e. The molecule has 0 fully saturated rings. The van der Waals surface area contributed by atoms with E-state index in [1.165, 1.54) is 0 Å². The fourth-order valence-electron chi connectivity index (χ4n) is 1.24. The summed E-state index contributed by atoms with van der Waals surface area (Å²) in [4.78, 5) is 10.9. The number of hydrazone groups is 1. The highest BCUT2D eigenvalue weighted by Gasteiger charge is 2.15. The maximum absolute atomic E-state index is 10.9. The van der Waals surface area contributed by atoms with E-state index in [4.69, 9.17) is 27.9 Å². The Morgan fingerprint density at radius 2 is 2.25 bits per heavy atom. The van der Waals surface area contributed by atoms with Crippen LogP contribution in [0.1, 0.15) is 6.42 Å². The number of benzene rings is 1. The van der Waals surface area contributed by atoms with Crippen LogP contribution in [0.3, 0.4) is 0 Å². The number of rotatable bonds is 3. The van der Waals surface area contributed by atoms with Gasteiger partial charge in [0.15, 0.2) is 0 Å². The Kier molecular flexibility index (Phi) is 3.31. The van der Waals surface area contributed by atoms with Crippen molar-refractivity contribution in [1.82, 2.24) is 5.43 Å². The summed E-state index contributed by atoms with van der Waals surface area (Å²) < 4.78 is 5.41. The zero-order chi connectivity index (χ0) is 11.5. The van der Waals surface area contributed by atoms with E-state index in [1.54, 1.807) is 18.2 Å². The molecule has 1 aliphatic rings. The average molecular weight is 259 g/mol. The quantitative estimate of drug-likeness (QED) is 0.904. The van der Waals surface area contributed by atoms with Gasteiger partial charge in [0, 0.05) is 5.02 Å². The number of nitrogens with zero attached hydrogens (tertiary/aromatic N) is 1. The number of hydrogen-bond acceptors (Lipinski definition) is 3. The van der Waals surface area contributed by atoms with Crippen molar-refractivity contribution in [1.29, 1.82) is 0 Å². The summed E-state index contributed by atoms with van der Waals surface area (Å²) in [7, 11) is 0. The molecule has 1 N–H and O–H groups in total. The summed E-state index contributed by atoms with van der Waals surface area (Å²) in [6, 6.07) is 4.95.